The van der Waals surface area contributed by atoms with Crippen LogP contribution in [0.2, 0.25) is 0 Å². The maximum absolute atomic E-state index is 11.5. The number of benzene rings is 1. The lowest BCUT2D eigenvalue weighted by atomic mass is 9.71. The van der Waals surface area contributed by atoms with Gasteiger partial charge in [-0.05, 0) is 36.5 Å². The third kappa shape index (κ3) is 1.80. The van der Waals surface area contributed by atoms with Gasteiger partial charge in [0.05, 0.1) is 5.69 Å². The maximum Gasteiger partial charge on any atom is 0.338 e. The minimum atomic E-state index is -1.32. The normalized spacial score (nSPS) is 21.9. The molecule has 1 aliphatic heterocycles. The summed E-state index contributed by atoms with van der Waals surface area (Å²) in [5, 5.41) is 30.4. The number of carbonyl (C=O) groups is 1. The van der Waals surface area contributed by atoms with E-state index in [1.165, 1.54) is 0 Å². The van der Waals surface area contributed by atoms with Crippen molar-refractivity contribution in [1.29, 1.82) is 0 Å². The van der Waals surface area contributed by atoms with Crippen molar-refractivity contribution in [1.82, 2.24) is 4.57 Å². The van der Waals surface area contributed by atoms with E-state index in [4.69, 9.17) is 0 Å². The largest absolute Gasteiger partial charge is 0.509 e. The molecule has 1 saturated carbocycles. The van der Waals surface area contributed by atoms with Gasteiger partial charge in [0.15, 0.2) is 0 Å². The van der Waals surface area contributed by atoms with Crippen LogP contribution in [-0.2, 0) is 10.3 Å². The van der Waals surface area contributed by atoms with Crippen LogP contribution in [0.4, 0.5) is 0 Å². The molecule has 23 heavy (non-hydrogen) atoms. The number of fused-ring (bicyclic) bond motifs is 2. The van der Waals surface area contributed by atoms with E-state index in [0.29, 0.717) is 18.5 Å². The summed E-state index contributed by atoms with van der Waals surface area (Å²) < 4.78 is 1.87. The lowest BCUT2D eigenvalue weighted by Gasteiger charge is -2.47. The molecule has 1 fully saturated rings. The highest BCUT2D eigenvalue weighted by molar-refractivity contribution is 5.89. The molecule has 5 nitrogen and oxygen atoms in total. The number of hydrogen-bond acceptors (Lipinski definition) is 3. The van der Waals surface area contributed by atoms with Crippen molar-refractivity contribution in [2.24, 2.45) is 0 Å². The Hall–Kier alpha value is -2.53. The topological polar surface area (TPSA) is 82.7 Å². The average molecular weight is 311 g/mol. The quantitative estimate of drug-likeness (QED) is 0.796. The monoisotopic (exact) mass is 311 g/mol. The van der Waals surface area contributed by atoms with Gasteiger partial charge in [-0.25, -0.2) is 4.79 Å². The molecular formula is C18H17NO4. The Morgan fingerprint density at radius 2 is 1.87 bits per heavy atom. The van der Waals surface area contributed by atoms with Crippen molar-refractivity contribution in [3.8, 4) is 11.1 Å². The highest BCUT2D eigenvalue weighted by atomic mass is 16.4. The van der Waals surface area contributed by atoms with Crippen LogP contribution in [-0.4, -0.2) is 25.9 Å². The van der Waals surface area contributed by atoms with E-state index >= 15 is 0 Å². The first kappa shape index (κ1) is 14.1. The highest BCUT2D eigenvalue weighted by Gasteiger charge is 2.51. The van der Waals surface area contributed by atoms with E-state index in [-0.39, 0.29) is 11.3 Å². The second-order valence-corrected chi connectivity index (χ2v) is 6.24. The number of nitrogens with zero attached hydrogens (tertiary/aromatic N) is 1. The predicted molar refractivity (Wildman–Crippen MR) is 83.9 cm³/mol. The number of rotatable bonds is 2. The molecule has 1 aromatic carbocycles. The molecule has 118 valence electrons. The fourth-order valence-electron chi connectivity index (χ4n) is 3.70. The molecule has 0 radical (unpaired) electrons. The number of aromatic nitrogens is 1. The van der Waals surface area contributed by atoms with Crippen molar-refractivity contribution < 1.29 is 20.1 Å². The summed E-state index contributed by atoms with van der Waals surface area (Å²) >= 11 is 0. The third-order valence-electron chi connectivity index (χ3n) is 5.08. The van der Waals surface area contributed by atoms with Crippen LogP contribution in [0.3, 0.4) is 0 Å². The van der Waals surface area contributed by atoms with Crippen LogP contribution in [0.1, 0.15) is 31.1 Å². The Morgan fingerprint density at radius 1 is 1.17 bits per heavy atom. The van der Waals surface area contributed by atoms with Crippen LogP contribution in [0, 0.1) is 0 Å². The van der Waals surface area contributed by atoms with Crippen molar-refractivity contribution in [2.45, 2.75) is 30.9 Å². The van der Waals surface area contributed by atoms with E-state index in [1.54, 1.807) is 0 Å². The lowest BCUT2D eigenvalue weighted by Crippen LogP contribution is -2.47. The first-order chi connectivity index (χ1) is 11.0. The van der Waals surface area contributed by atoms with Crippen molar-refractivity contribution in [3.63, 3.8) is 0 Å². The van der Waals surface area contributed by atoms with Gasteiger partial charge in [0, 0.05) is 6.20 Å². The molecule has 3 N–H and O–H groups in total. The molecule has 2 aromatic rings. The molecule has 1 unspecified atom stereocenters. The van der Waals surface area contributed by atoms with Gasteiger partial charge < -0.3 is 19.9 Å². The van der Waals surface area contributed by atoms with Gasteiger partial charge in [-0.2, -0.15) is 0 Å². The first-order valence-electron chi connectivity index (χ1n) is 7.68. The summed E-state index contributed by atoms with van der Waals surface area (Å²) in [5.74, 6) is -1.47. The smallest absolute Gasteiger partial charge is 0.338 e. The highest BCUT2D eigenvalue weighted by Crippen LogP contribution is 2.52. The summed E-state index contributed by atoms with van der Waals surface area (Å²) in [6.45, 7) is 0. The fraction of sp³-hybridized carbons (Fsp3) is 0.278. The van der Waals surface area contributed by atoms with Crippen LogP contribution in [0.15, 0.2) is 53.9 Å². The average Bonchev–Trinajstić information content (AvgIpc) is 2.92. The van der Waals surface area contributed by atoms with Gasteiger partial charge in [-0.1, -0.05) is 30.3 Å². The molecule has 2 aliphatic rings. The number of aliphatic hydroxyl groups is 2. The standard InChI is InChI=1S/C18H17NO4/c20-15-13-9-12(11-5-2-1-3-6-11)10-19(13)18(7-4-8-18)16(21)14(15)17(22)23/h1-3,5-6,9-10,15,20-21H,4,7-8H2,(H,22,23). The van der Waals surface area contributed by atoms with E-state index in [1.807, 2.05) is 47.2 Å². The van der Waals surface area contributed by atoms with Gasteiger partial charge in [-0.15, -0.1) is 0 Å². The zero-order valence-corrected chi connectivity index (χ0v) is 12.4. The summed E-state index contributed by atoms with van der Waals surface area (Å²) in [6.07, 6.45) is 2.86. The molecule has 1 aromatic heterocycles. The zero-order chi connectivity index (χ0) is 16.2. The van der Waals surface area contributed by atoms with Crippen molar-refractivity contribution in [2.75, 3.05) is 0 Å². The predicted octanol–water partition coefficient (Wildman–Crippen LogP) is 2.98. The fourth-order valence-corrected chi connectivity index (χ4v) is 3.70. The van der Waals surface area contributed by atoms with Gasteiger partial charge in [0.2, 0.25) is 0 Å². The number of carboxylic acids is 1. The molecule has 0 bridgehead atoms. The van der Waals surface area contributed by atoms with E-state index in [0.717, 1.165) is 17.5 Å². The van der Waals surface area contributed by atoms with Crippen molar-refractivity contribution >= 4 is 5.97 Å². The second kappa shape index (κ2) is 4.73. The van der Waals surface area contributed by atoms with Gasteiger partial charge in [0.1, 0.15) is 23.0 Å². The Kier molecular flexibility index (Phi) is 2.90. The van der Waals surface area contributed by atoms with Gasteiger partial charge in [0.25, 0.3) is 0 Å². The maximum atomic E-state index is 11.5. The third-order valence-corrected chi connectivity index (χ3v) is 5.08. The molecule has 2 heterocycles. The summed E-state index contributed by atoms with van der Waals surface area (Å²) in [4.78, 5) is 11.5. The van der Waals surface area contributed by atoms with Gasteiger partial charge >= 0.3 is 5.97 Å². The summed E-state index contributed by atoms with van der Waals surface area (Å²) in [7, 11) is 0. The number of carboxylic acid groups (broad SMARTS) is 1. The molecule has 1 aliphatic carbocycles. The van der Waals surface area contributed by atoms with Crippen molar-refractivity contribution in [3.05, 3.63) is 59.6 Å². The zero-order valence-electron chi connectivity index (χ0n) is 12.4. The van der Waals surface area contributed by atoms with E-state index < -0.39 is 17.6 Å². The SMILES string of the molecule is O=C(O)C1=C(O)C2(CCC2)n2cc(-c3ccccc3)cc2C1O. The van der Waals surface area contributed by atoms with Gasteiger partial charge in [-0.3, -0.25) is 0 Å². The number of hydrogen-bond donors (Lipinski definition) is 3. The summed E-state index contributed by atoms with van der Waals surface area (Å²) in [6, 6.07) is 11.5. The minimum Gasteiger partial charge on any atom is -0.509 e. The molecule has 1 atom stereocenters. The molecule has 4 rings (SSSR count). The van der Waals surface area contributed by atoms with Crippen LogP contribution >= 0.6 is 0 Å². The molecule has 0 saturated heterocycles. The van der Waals surface area contributed by atoms with Crippen LogP contribution in [0.5, 0.6) is 0 Å². The molecule has 0 amide bonds. The molecular weight excluding hydrogens is 294 g/mol. The van der Waals surface area contributed by atoms with Crippen LogP contribution < -0.4 is 0 Å². The second-order valence-electron chi connectivity index (χ2n) is 6.24. The number of aliphatic carboxylic acids is 1. The molecule has 1 spiro atoms. The Morgan fingerprint density at radius 3 is 2.43 bits per heavy atom. The molecule has 5 heteroatoms. The van der Waals surface area contributed by atoms with E-state index in [2.05, 4.69) is 0 Å². The number of allylic oxidation sites excluding steroid dienone is 1. The Labute approximate surface area is 133 Å². The van der Waals surface area contributed by atoms with E-state index in [9.17, 15) is 20.1 Å². The first-order valence-corrected chi connectivity index (χ1v) is 7.68. The minimum absolute atomic E-state index is 0.202. The summed E-state index contributed by atoms with van der Waals surface area (Å²) in [5.41, 5.74) is 1.42. The number of aliphatic hydroxyl groups excluding tert-OH is 2. The Balaban J connectivity index is 1.91. The Bertz CT molecular complexity index is 815. The van der Waals surface area contributed by atoms with Crippen LogP contribution in [0.25, 0.3) is 11.1 Å². The lowest BCUT2D eigenvalue weighted by molar-refractivity contribution is -0.134.